The van der Waals surface area contributed by atoms with Gasteiger partial charge in [-0.1, -0.05) is 19.9 Å². The fourth-order valence-electron chi connectivity index (χ4n) is 1.57. The Morgan fingerprint density at radius 1 is 1.14 bits per heavy atom. The molecule has 0 bridgehead atoms. The van der Waals surface area contributed by atoms with E-state index in [1.807, 2.05) is 18.2 Å². The number of hydrogen-bond acceptors (Lipinski definition) is 2. The fourth-order valence-corrected chi connectivity index (χ4v) is 1.57. The zero-order chi connectivity index (χ0) is 10.6. The molecule has 0 heterocycles. The topological polar surface area (TPSA) is 18.5 Å². The minimum absolute atomic E-state index is 0.459. The largest absolute Gasteiger partial charge is 0.496 e. The molecule has 0 aliphatic heterocycles. The zero-order valence-electron chi connectivity index (χ0n) is 9.33. The first-order chi connectivity index (χ1) is 6.74. The van der Waals surface area contributed by atoms with E-state index >= 15 is 0 Å². The van der Waals surface area contributed by atoms with E-state index in [-0.39, 0.29) is 0 Å². The Morgan fingerprint density at radius 3 is 2.00 bits per heavy atom. The van der Waals surface area contributed by atoms with Crippen LogP contribution < -0.4 is 9.47 Å². The van der Waals surface area contributed by atoms with E-state index in [1.165, 1.54) is 5.56 Å². The quantitative estimate of drug-likeness (QED) is 0.732. The van der Waals surface area contributed by atoms with Crippen LogP contribution in [0.5, 0.6) is 11.5 Å². The maximum Gasteiger partial charge on any atom is 0.126 e. The van der Waals surface area contributed by atoms with Crippen LogP contribution in [0.1, 0.15) is 31.7 Å². The molecule has 1 rings (SSSR count). The number of benzene rings is 1. The Bertz CT molecular complexity index is 272. The Balaban J connectivity index is 3.18. The molecule has 0 radical (unpaired) electrons. The Morgan fingerprint density at radius 2 is 1.64 bits per heavy atom. The highest BCUT2D eigenvalue weighted by Gasteiger charge is 2.14. The predicted octanol–water partition coefficient (Wildman–Crippen LogP) is 3.22. The summed E-state index contributed by atoms with van der Waals surface area (Å²) >= 11 is 0. The summed E-state index contributed by atoms with van der Waals surface area (Å²) in [5, 5.41) is 0. The smallest absolute Gasteiger partial charge is 0.126 e. The maximum absolute atomic E-state index is 5.33. The SMILES string of the molecule is CCC(C)c1c(OC)cccc1OC. The van der Waals surface area contributed by atoms with Crippen molar-refractivity contribution < 1.29 is 9.47 Å². The van der Waals surface area contributed by atoms with Gasteiger partial charge in [-0.05, 0) is 24.5 Å². The highest BCUT2D eigenvalue weighted by Crippen LogP contribution is 2.36. The lowest BCUT2D eigenvalue weighted by molar-refractivity contribution is 0.379. The molecule has 0 N–H and O–H groups in total. The van der Waals surface area contributed by atoms with Crippen LogP contribution in [0.3, 0.4) is 0 Å². The van der Waals surface area contributed by atoms with Gasteiger partial charge in [0.15, 0.2) is 0 Å². The van der Waals surface area contributed by atoms with Crippen LogP contribution in [0.2, 0.25) is 0 Å². The predicted molar refractivity (Wildman–Crippen MR) is 58.3 cm³/mol. The molecular weight excluding hydrogens is 176 g/mol. The second-order valence-electron chi connectivity index (χ2n) is 3.39. The van der Waals surface area contributed by atoms with Gasteiger partial charge in [0.05, 0.1) is 14.2 Å². The third-order valence-electron chi connectivity index (χ3n) is 2.57. The molecular formula is C12H18O2. The third kappa shape index (κ3) is 2.00. The van der Waals surface area contributed by atoms with Crippen molar-refractivity contribution >= 4 is 0 Å². The van der Waals surface area contributed by atoms with Crippen molar-refractivity contribution in [3.8, 4) is 11.5 Å². The molecule has 14 heavy (non-hydrogen) atoms. The summed E-state index contributed by atoms with van der Waals surface area (Å²) in [6.45, 7) is 4.34. The van der Waals surface area contributed by atoms with Crippen LogP contribution in [-0.4, -0.2) is 14.2 Å². The summed E-state index contributed by atoms with van der Waals surface area (Å²) in [5.41, 5.74) is 1.17. The summed E-state index contributed by atoms with van der Waals surface area (Å²) in [6.07, 6.45) is 1.08. The molecule has 0 saturated carbocycles. The molecule has 0 aliphatic rings. The van der Waals surface area contributed by atoms with E-state index in [0.717, 1.165) is 17.9 Å². The standard InChI is InChI=1S/C12H18O2/c1-5-9(2)12-10(13-3)7-6-8-11(12)14-4/h6-9H,5H2,1-4H3. The minimum atomic E-state index is 0.459. The average molecular weight is 194 g/mol. The monoisotopic (exact) mass is 194 g/mol. The van der Waals surface area contributed by atoms with Gasteiger partial charge in [0.2, 0.25) is 0 Å². The van der Waals surface area contributed by atoms with Crippen LogP contribution in [0, 0.1) is 0 Å². The molecule has 0 aromatic heterocycles. The molecule has 0 fully saturated rings. The van der Waals surface area contributed by atoms with Gasteiger partial charge in [-0.3, -0.25) is 0 Å². The van der Waals surface area contributed by atoms with Crippen molar-refractivity contribution in [2.45, 2.75) is 26.2 Å². The van der Waals surface area contributed by atoms with E-state index in [0.29, 0.717) is 5.92 Å². The van der Waals surface area contributed by atoms with Gasteiger partial charge in [-0.15, -0.1) is 0 Å². The Labute approximate surface area is 85.8 Å². The second-order valence-corrected chi connectivity index (χ2v) is 3.39. The lowest BCUT2D eigenvalue weighted by Crippen LogP contribution is -2.00. The highest BCUT2D eigenvalue weighted by molar-refractivity contribution is 5.46. The number of methoxy groups -OCH3 is 2. The second kappa shape index (κ2) is 4.89. The van der Waals surface area contributed by atoms with Crippen molar-refractivity contribution in [3.05, 3.63) is 23.8 Å². The van der Waals surface area contributed by atoms with Crippen LogP contribution >= 0.6 is 0 Å². The first-order valence-electron chi connectivity index (χ1n) is 4.95. The van der Waals surface area contributed by atoms with Crippen molar-refractivity contribution in [2.24, 2.45) is 0 Å². The van der Waals surface area contributed by atoms with Gasteiger partial charge in [0.25, 0.3) is 0 Å². The lowest BCUT2D eigenvalue weighted by atomic mass is 9.96. The van der Waals surface area contributed by atoms with Gasteiger partial charge < -0.3 is 9.47 Å². The zero-order valence-corrected chi connectivity index (χ0v) is 9.33. The Kier molecular flexibility index (Phi) is 3.81. The van der Waals surface area contributed by atoms with Crippen LogP contribution in [0.25, 0.3) is 0 Å². The van der Waals surface area contributed by atoms with E-state index in [1.54, 1.807) is 14.2 Å². The van der Waals surface area contributed by atoms with Gasteiger partial charge in [-0.2, -0.15) is 0 Å². The van der Waals surface area contributed by atoms with E-state index < -0.39 is 0 Å². The van der Waals surface area contributed by atoms with E-state index in [9.17, 15) is 0 Å². The van der Waals surface area contributed by atoms with Crippen molar-refractivity contribution in [2.75, 3.05) is 14.2 Å². The normalized spacial score (nSPS) is 12.3. The van der Waals surface area contributed by atoms with Crippen molar-refractivity contribution in [1.29, 1.82) is 0 Å². The molecule has 0 saturated heterocycles. The third-order valence-corrected chi connectivity index (χ3v) is 2.57. The van der Waals surface area contributed by atoms with Crippen molar-refractivity contribution in [3.63, 3.8) is 0 Å². The van der Waals surface area contributed by atoms with E-state index in [4.69, 9.17) is 9.47 Å². The van der Waals surface area contributed by atoms with Crippen LogP contribution in [0.15, 0.2) is 18.2 Å². The molecule has 2 nitrogen and oxygen atoms in total. The van der Waals surface area contributed by atoms with Gasteiger partial charge in [-0.25, -0.2) is 0 Å². The maximum atomic E-state index is 5.33. The van der Waals surface area contributed by atoms with Gasteiger partial charge >= 0.3 is 0 Å². The first-order valence-corrected chi connectivity index (χ1v) is 4.95. The number of ether oxygens (including phenoxy) is 2. The van der Waals surface area contributed by atoms with Crippen LogP contribution in [-0.2, 0) is 0 Å². The molecule has 1 aromatic carbocycles. The summed E-state index contributed by atoms with van der Waals surface area (Å²) in [7, 11) is 3.39. The van der Waals surface area contributed by atoms with Crippen LogP contribution in [0.4, 0.5) is 0 Å². The van der Waals surface area contributed by atoms with Crippen molar-refractivity contribution in [1.82, 2.24) is 0 Å². The molecule has 1 atom stereocenters. The van der Waals surface area contributed by atoms with Gasteiger partial charge in [0.1, 0.15) is 11.5 Å². The average Bonchev–Trinajstić information content (AvgIpc) is 2.26. The molecule has 1 unspecified atom stereocenters. The highest BCUT2D eigenvalue weighted by atomic mass is 16.5. The summed E-state index contributed by atoms with van der Waals surface area (Å²) in [6, 6.07) is 5.90. The summed E-state index contributed by atoms with van der Waals surface area (Å²) in [4.78, 5) is 0. The molecule has 2 heteroatoms. The molecule has 0 amide bonds. The fraction of sp³-hybridized carbons (Fsp3) is 0.500. The molecule has 78 valence electrons. The number of rotatable bonds is 4. The summed E-state index contributed by atoms with van der Waals surface area (Å²) in [5.74, 6) is 2.29. The lowest BCUT2D eigenvalue weighted by Gasteiger charge is -2.17. The molecule has 0 aliphatic carbocycles. The molecule has 0 spiro atoms. The summed E-state index contributed by atoms with van der Waals surface area (Å²) < 4.78 is 10.7. The first kappa shape index (κ1) is 10.9. The Hall–Kier alpha value is -1.18. The molecule has 1 aromatic rings. The number of hydrogen-bond donors (Lipinski definition) is 0. The van der Waals surface area contributed by atoms with E-state index in [2.05, 4.69) is 13.8 Å². The van der Waals surface area contributed by atoms with Gasteiger partial charge in [0, 0.05) is 5.56 Å². The minimum Gasteiger partial charge on any atom is -0.496 e.